The number of hydrogen-bond donors (Lipinski definition) is 0. The predicted octanol–water partition coefficient (Wildman–Crippen LogP) is 4.73. The van der Waals surface area contributed by atoms with Gasteiger partial charge in [-0.05, 0) is 48.7 Å². The second-order valence-corrected chi connectivity index (χ2v) is 4.58. The molecular weight excluding hydrogens is 206 g/mol. The normalized spacial score (nSPS) is 12.2. The zero-order valence-corrected chi connectivity index (χ0v) is 10.2. The van der Waals surface area contributed by atoms with Crippen molar-refractivity contribution in [2.75, 3.05) is 4.90 Å². The standard InChI is InChI=1S/C16H15N/c1-4-13-6-5-7-14(10-13)17-15-9-11(2)8-12(3)16(15)17/h4-10H,1H2,2-3H3. The number of rotatable bonds is 2. The molecular formula is C16H15N. The van der Waals surface area contributed by atoms with Gasteiger partial charge in [0, 0.05) is 5.69 Å². The van der Waals surface area contributed by atoms with E-state index in [-0.39, 0.29) is 0 Å². The summed E-state index contributed by atoms with van der Waals surface area (Å²) in [5.74, 6) is 0. The first-order valence-corrected chi connectivity index (χ1v) is 5.84. The number of aryl methyl sites for hydroxylation is 2. The summed E-state index contributed by atoms with van der Waals surface area (Å²) in [6.07, 6.45) is 1.88. The summed E-state index contributed by atoms with van der Waals surface area (Å²) in [5, 5.41) is 0. The van der Waals surface area contributed by atoms with Crippen LogP contribution in [0.5, 0.6) is 0 Å². The van der Waals surface area contributed by atoms with E-state index in [1.54, 1.807) is 0 Å². The van der Waals surface area contributed by atoms with Crippen LogP contribution in [0.1, 0.15) is 16.7 Å². The first-order chi connectivity index (χ1) is 8.20. The summed E-state index contributed by atoms with van der Waals surface area (Å²) in [5.41, 5.74) is 7.76. The fraction of sp³-hybridized carbons (Fsp3) is 0.125. The van der Waals surface area contributed by atoms with Crippen molar-refractivity contribution in [3.05, 3.63) is 59.7 Å². The van der Waals surface area contributed by atoms with Gasteiger partial charge >= 0.3 is 0 Å². The lowest BCUT2D eigenvalue weighted by Crippen LogP contribution is -1.89. The maximum atomic E-state index is 3.81. The Morgan fingerprint density at radius 3 is 2.71 bits per heavy atom. The molecule has 0 bridgehead atoms. The van der Waals surface area contributed by atoms with Crippen LogP contribution in [-0.4, -0.2) is 0 Å². The lowest BCUT2D eigenvalue weighted by molar-refractivity contribution is 1.43. The van der Waals surface area contributed by atoms with E-state index in [0.29, 0.717) is 0 Å². The third kappa shape index (κ3) is 1.55. The predicted molar refractivity (Wildman–Crippen MR) is 74.2 cm³/mol. The zero-order valence-electron chi connectivity index (χ0n) is 10.2. The van der Waals surface area contributed by atoms with Gasteiger partial charge in [0.2, 0.25) is 0 Å². The molecule has 1 aliphatic heterocycles. The highest BCUT2D eigenvalue weighted by Gasteiger charge is 2.32. The molecule has 3 rings (SSSR count). The summed E-state index contributed by atoms with van der Waals surface area (Å²) in [6, 6.07) is 12.9. The third-order valence-electron chi connectivity index (χ3n) is 3.20. The number of nitrogens with zero attached hydrogens (tertiary/aromatic N) is 1. The van der Waals surface area contributed by atoms with Gasteiger partial charge in [-0.15, -0.1) is 0 Å². The van der Waals surface area contributed by atoms with Gasteiger partial charge in [0.15, 0.2) is 0 Å². The molecule has 0 spiro atoms. The van der Waals surface area contributed by atoms with E-state index in [0.717, 1.165) is 5.56 Å². The highest BCUT2D eigenvalue weighted by atomic mass is 15.3. The molecule has 1 aliphatic rings. The summed E-state index contributed by atoms with van der Waals surface area (Å²) in [4.78, 5) is 2.30. The van der Waals surface area contributed by atoms with Crippen LogP contribution in [0, 0.1) is 13.8 Å². The molecule has 0 aromatic heterocycles. The van der Waals surface area contributed by atoms with Crippen molar-refractivity contribution < 1.29 is 0 Å². The van der Waals surface area contributed by atoms with Gasteiger partial charge < -0.3 is 4.90 Å². The van der Waals surface area contributed by atoms with Crippen molar-refractivity contribution in [2.45, 2.75) is 13.8 Å². The molecule has 1 heteroatoms. The van der Waals surface area contributed by atoms with Crippen LogP contribution < -0.4 is 4.90 Å². The minimum atomic E-state index is 1.16. The monoisotopic (exact) mass is 221 g/mol. The molecule has 0 amide bonds. The van der Waals surface area contributed by atoms with E-state index in [2.05, 4.69) is 61.7 Å². The van der Waals surface area contributed by atoms with Gasteiger partial charge in [0.05, 0.1) is 11.4 Å². The van der Waals surface area contributed by atoms with Crippen LogP contribution in [0.25, 0.3) is 6.08 Å². The summed E-state index contributed by atoms with van der Waals surface area (Å²) in [7, 11) is 0. The van der Waals surface area contributed by atoms with Crippen LogP contribution in [0.4, 0.5) is 17.1 Å². The van der Waals surface area contributed by atoms with Crippen LogP contribution in [0.3, 0.4) is 0 Å². The zero-order chi connectivity index (χ0) is 12.0. The second kappa shape index (κ2) is 3.49. The number of fused-ring (bicyclic) bond motifs is 1. The molecule has 0 unspecified atom stereocenters. The van der Waals surface area contributed by atoms with Crippen molar-refractivity contribution in [1.29, 1.82) is 0 Å². The fourth-order valence-electron chi connectivity index (χ4n) is 2.42. The minimum Gasteiger partial charge on any atom is -0.306 e. The topological polar surface area (TPSA) is 3.01 Å². The maximum absolute atomic E-state index is 3.81. The van der Waals surface area contributed by atoms with Crippen LogP contribution in [-0.2, 0) is 0 Å². The third-order valence-corrected chi connectivity index (χ3v) is 3.20. The maximum Gasteiger partial charge on any atom is 0.0732 e. The summed E-state index contributed by atoms with van der Waals surface area (Å²) >= 11 is 0. The Balaban J connectivity index is 2.04. The highest BCUT2D eigenvalue weighted by molar-refractivity contribution is 6.03. The molecule has 1 nitrogen and oxygen atoms in total. The SMILES string of the molecule is C=Cc1cccc(N2c3cc(C)cc(C)c32)c1. The second-order valence-electron chi connectivity index (χ2n) is 4.58. The molecule has 0 radical (unpaired) electrons. The average molecular weight is 221 g/mol. The minimum absolute atomic E-state index is 1.16. The van der Waals surface area contributed by atoms with E-state index in [9.17, 15) is 0 Å². The Bertz CT molecular complexity index is 611. The van der Waals surface area contributed by atoms with Crippen molar-refractivity contribution in [2.24, 2.45) is 0 Å². The van der Waals surface area contributed by atoms with Crippen molar-refractivity contribution in [3.8, 4) is 0 Å². The Morgan fingerprint density at radius 1 is 1.12 bits per heavy atom. The number of hydrogen-bond acceptors (Lipinski definition) is 1. The quantitative estimate of drug-likeness (QED) is 0.565. The van der Waals surface area contributed by atoms with Gasteiger partial charge in [0.1, 0.15) is 0 Å². The lowest BCUT2D eigenvalue weighted by atomic mass is 10.2. The van der Waals surface area contributed by atoms with E-state index < -0.39 is 0 Å². The first kappa shape index (κ1) is 10.2. The van der Waals surface area contributed by atoms with Crippen LogP contribution in [0.2, 0.25) is 0 Å². The molecule has 2 aromatic rings. The number of anilines is 3. The Kier molecular flexibility index (Phi) is 2.08. The molecule has 0 fully saturated rings. The van der Waals surface area contributed by atoms with Gasteiger partial charge in [-0.3, -0.25) is 0 Å². The molecule has 2 aromatic carbocycles. The highest BCUT2D eigenvalue weighted by Crippen LogP contribution is 2.55. The summed E-state index contributed by atoms with van der Waals surface area (Å²) < 4.78 is 0. The van der Waals surface area contributed by atoms with E-state index >= 15 is 0 Å². The number of benzene rings is 2. The fourth-order valence-corrected chi connectivity index (χ4v) is 2.42. The molecule has 0 aliphatic carbocycles. The molecule has 0 saturated heterocycles. The van der Waals surface area contributed by atoms with Gasteiger partial charge in [-0.25, -0.2) is 0 Å². The smallest absolute Gasteiger partial charge is 0.0732 e. The average Bonchev–Trinajstić information content (AvgIpc) is 3.03. The van der Waals surface area contributed by atoms with E-state index in [1.807, 2.05) is 6.08 Å². The van der Waals surface area contributed by atoms with Crippen molar-refractivity contribution in [1.82, 2.24) is 0 Å². The molecule has 84 valence electrons. The van der Waals surface area contributed by atoms with E-state index in [1.165, 1.54) is 28.2 Å². The van der Waals surface area contributed by atoms with Crippen LogP contribution >= 0.6 is 0 Å². The van der Waals surface area contributed by atoms with Crippen LogP contribution in [0.15, 0.2) is 43.0 Å². The molecule has 17 heavy (non-hydrogen) atoms. The lowest BCUT2D eigenvalue weighted by Gasteiger charge is -2.04. The van der Waals surface area contributed by atoms with E-state index in [4.69, 9.17) is 0 Å². The van der Waals surface area contributed by atoms with Gasteiger partial charge in [0.25, 0.3) is 0 Å². The molecule has 0 atom stereocenters. The van der Waals surface area contributed by atoms with Gasteiger partial charge in [-0.2, -0.15) is 0 Å². The molecule has 0 N–H and O–H groups in total. The Morgan fingerprint density at radius 2 is 1.94 bits per heavy atom. The van der Waals surface area contributed by atoms with Crippen molar-refractivity contribution in [3.63, 3.8) is 0 Å². The Hall–Kier alpha value is -2.02. The molecule has 0 saturated carbocycles. The Labute approximate surface area is 102 Å². The largest absolute Gasteiger partial charge is 0.306 e. The summed E-state index contributed by atoms with van der Waals surface area (Å²) in [6.45, 7) is 8.13. The van der Waals surface area contributed by atoms with Gasteiger partial charge in [-0.1, -0.05) is 30.9 Å². The molecule has 1 heterocycles. The van der Waals surface area contributed by atoms with Crippen molar-refractivity contribution >= 4 is 23.1 Å². The first-order valence-electron chi connectivity index (χ1n) is 5.84.